The first-order chi connectivity index (χ1) is 12.5. The fourth-order valence-electron chi connectivity index (χ4n) is 4.25. The second-order valence-electron chi connectivity index (χ2n) is 7.08. The van der Waals surface area contributed by atoms with Crippen molar-refractivity contribution < 1.29 is 9.53 Å². The molecule has 0 saturated heterocycles. The van der Waals surface area contributed by atoms with Crippen LogP contribution in [0.25, 0.3) is 0 Å². The second-order valence-corrected chi connectivity index (χ2v) is 7.08. The number of hydrogen-bond acceptors (Lipinski definition) is 8. The Bertz CT molecular complexity index is 797. The molecule has 1 aromatic carbocycles. The molecule has 1 spiro atoms. The molecule has 0 radical (unpaired) electrons. The summed E-state index contributed by atoms with van der Waals surface area (Å²) in [5, 5.41) is 3.24. The summed E-state index contributed by atoms with van der Waals surface area (Å²) in [5.41, 5.74) is 14.6. The zero-order chi connectivity index (χ0) is 18.3. The van der Waals surface area contributed by atoms with Gasteiger partial charge in [0.05, 0.1) is 7.11 Å². The van der Waals surface area contributed by atoms with E-state index in [-0.39, 0.29) is 18.0 Å². The molecule has 2 heterocycles. The summed E-state index contributed by atoms with van der Waals surface area (Å²) in [6.07, 6.45) is 5.73. The Kier molecular flexibility index (Phi) is 3.97. The lowest BCUT2D eigenvalue weighted by Gasteiger charge is -2.45. The van der Waals surface area contributed by atoms with E-state index in [1.807, 2.05) is 23.1 Å². The van der Waals surface area contributed by atoms with E-state index in [4.69, 9.17) is 16.2 Å². The molecule has 8 nitrogen and oxygen atoms in total. The number of aliphatic imine (C=N–C) groups is 2. The largest absolute Gasteiger partial charge is 0.467 e. The molecule has 26 heavy (non-hydrogen) atoms. The topological polar surface area (TPSA) is 118 Å². The van der Waals surface area contributed by atoms with E-state index in [9.17, 15) is 4.79 Å². The molecule has 0 bridgehead atoms. The van der Waals surface area contributed by atoms with Crippen LogP contribution in [-0.4, -0.2) is 36.7 Å². The molecule has 2 aliphatic heterocycles. The second kappa shape index (κ2) is 6.19. The number of nitrogens with two attached hydrogens (primary N) is 2. The van der Waals surface area contributed by atoms with E-state index in [2.05, 4.69) is 15.3 Å². The quantitative estimate of drug-likeness (QED) is 0.688. The number of fused-ring (bicyclic) bond motifs is 1. The number of rotatable bonds is 2. The van der Waals surface area contributed by atoms with Crippen molar-refractivity contribution in [3.05, 3.63) is 23.8 Å². The van der Waals surface area contributed by atoms with Gasteiger partial charge in [-0.25, -0.2) is 9.79 Å². The molecule has 5 N–H and O–H groups in total. The summed E-state index contributed by atoms with van der Waals surface area (Å²) < 4.78 is 4.85. The zero-order valence-corrected chi connectivity index (χ0v) is 14.9. The highest BCUT2D eigenvalue weighted by Crippen LogP contribution is 2.41. The highest BCUT2D eigenvalue weighted by molar-refractivity contribution is 6.06. The molecule has 0 aromatic heterocycles. The number of nitrogens with zero attached hydrogens (tertiary/aromatic N) is 3. The van der Waals surface area contributed by atoms with Gasteiger partial charge in [-0.15, -0.1) is 0 Å². The molecule has 1 aliphatic carbocycles. The number of hydrogen-bond donors (Lipinski definition) is 3. The fourth-order valence-corrected chi connectivity index (χ4v) is 4.25. The monoisotopic (exact) mass is 356 g/mol. The van der Waals surface area contributed by atoms with Crippen LogP contribution >= 0.6 is 0 Å². The minimum atomic E-state index is -0.469. The standard InChI is InChI=1S/C18H24N6O2/c1-26-15(25)14-9-11-5-6-12(10-13(11)21-14)24-17(20)22-16(19)23-18(24)7-3-2-4-8-18/h5-6,10,14,21H,2-4,7-9H2,1H3,(H4,19,20,22,23). The first-order valence-corrected chi connectivity index (χ1v) is 8.99. The van der Waals surface area contributed by atoms with Gasteiger partial charge in [0.2, 0.25) is 11.9 Å². The highest BCUT2D eigenvalue weighted by atomic mass is 16.5. The Hall–Kier alpha value is -2.77. The van der Waals surface area contributed by atoms with E-state index in [1.165, 1.54) is 13.5 Å². The van der Waals surface area contributed by atoms with Crippen molar-refractivity contribution in [3.8, 4) is 0 Å². The van der Waals surface area contributed by atoms with Crippen molar-refractivity contribution >= 4 is 29.3 Å². The molecular weight excluding hydrogens is 332 g/mol. The Balaban J connectivity index is 1.69. The van der Waals surface area contributed by atoms with Gasteiger partial charge >= 0.3 is 5.97 Å². The molecule has 1 fully saturated rings. The van der Waals surface area contributed by atoms with Crippen molar-refractivity contribution in [1.82, 2.24) is 0 Å². The van der Waals surface area contributed by atoms with E-state index in [0.717, 1.165) is 42.6 Å². The maximum atomic E-state index is 11.8. The Labute approximate surface area is 152 Å². The van der Waals surface area contributed by atoms with Gasteiger partial charge in [-0.05, 0) is 43.4 Å². The summed E-state index contributed by atoms with van der Waals surface area (Å²) >= 11 is 0. The maximum absolute atomic E-state index is 11.8. The van der Waals surface area contributed by atoms with Gasteiger partial charge in [-0.2, -0.15) is 4.99 Å². The summed E-state index contributed by atoms with van der Waals surface area (Å²) in [6.45, 7) is 0. The van der Waals surface area contributed by atoms with Gasteiger partial charge in [-0.3, -0.25) is 4.90 Å². The average Bonchev–Trinajstić information content (AvgIpc) is 3.04. The van der Waals surface area contributed by atoms with Gasteiger partial charge in [0.15, 0.2) is 0 Å². The average molecular weight is 356 g/mol. The van der Waals surface area contributed by atoms with E-state index in [1.54, 1.807) is 0 Å². The van der Waals surface area contributed by atoms with Crippen LogP contribution in [0.4, 0.5) is 11.4 Å². The van der Waals surface area contributed by atoms with Crippen molar-refractivity contribution in [2.45, 2.75) is 50.2 Å². The van der Waals surface area contributed by atoms with Gasteiger partial charge in [-0.1, -0.05) is 12.5 Å². The lowest BCUT2D eigenvalue weighted by atomic mass is 9.87. The molecule has 8 heteroatoms. The van der Waals surface area contributed by atoms with Crippen molar-refractivity contribution in [2.75, 3.05) is 17.3 Å². The molecule has 3 aliphatic rings. The van der Waals surface area contributed by atoms with Crippen molar-refractivity contribution in [1.29, 1.82) is 0 Å². The lowest BCUT2D eigenvalue weighted by molar-refractivity contribution is -0.141. The SMILES string of the molecule is COC(=O)C1Cc2ccc(N3C(N)=NC(N)=NC34CCCCC4)cc2N1. The summed E-state index contributed by atoms with van der Waals surface area (Å²) in [5.74, 6) is 0.343. The third kappa shape index (κ3) is 2.65. The van der Waals surface area contributed by atoms with Crippen molar-refractivity contribution in [3.63, 3.8) is 0 Å². The number of guanidine groups is 2. The summed E-state index contributed by atoms with van der Waals surface area (Å²) in [6, 6.07) is 5.69. The lowest BCUT2D eigenvalue weighted by Crippen LogP contribution is -2.58. The highest BCUT2D eigenvalue weighted by Gasteiger charge is 2.43. The number of anilines is 2. The van der Waals surface area contributed by atoms with Crippen LogP contribution in [-0.2, 0) is 16.0 Å². The minimum absolute atomic E-state index is 0.241. The van der Waals surface area contributed by atoms with Gasteiger partial charge in [0.25, 0.3) is 0 Å². The number of esters is 1. The number of nitrogens with one attached hydrogen (secondary N) is 1. The molecular formula is C18H24N6O2. The summed E-state index contributed by atoms with van der Waals surface area (Å²) in [4.78, 5) is 22.7. The molecule has 0 amide bonds. The maximum Gasteiger partial charge on any atom is 0.328 e. The molecule has 1 aromatic rings. The number of carbonyl (C=O) groups excluding carboxylic acids is 1. The van der Waals surface area contributed by atoms with Crippen LogP contribution in [0.1, 0.15) is 37.7 Å². The van der Waals surface area contributed by atoms with Gasteiger partial charge in [0.1, 0.15) is 11.7 Å². The van der Waals surface area contributed by atoms with Crippen LogP contribution in [0.2, 0.25) is 0 Å². The summed E-state index contributed by atoms with van der Waals surface area (Å²) in [7, 11) is 1.40. The van der Waals surface area contributed by atoms with E-state index in [0.29, 0.717) is 12.4 Å². The zero-order valence-electron chi connectivity index (χ0n) is 14.9. The Morgan fingerprint density at radius 3 is 2.81 bits per heavy atom. The molecule has 1 saturated carbocycles. The number of methoxy groups -OCH3 is 1. The predicted molar refractivity (Wildman–Crippen MR) is 101 cm³/mol. The van der Waals surface area contributed by atoms with Crippen LogP contribution < -0.4 is 21.7 Å². The van der Waals surface area contributed by atoms with Gasteiger partial charge in [0, 0.05) is 17.8 Å². The third-order valence-corrected chi connectivity index (χ3v) is 5.44. The Morgan fingerprint density at radius 1 is 1.31 bits per heavy atom. The normalized spacial score (nSPS) is 23.7. The van der Waals surface area contributed by atoms with E-state index >= 15 is 0 Å². The first-order valence-electron chi connectivity index (χ1n) is 8.99. The third-order valence-electron chi connectivity index (χ3n) is 5.44. The molecule has 4 rings (SSSR count). The van der Waals surface area contributed by atoms with Crippen LogP contribution in [0.15, 0.2) is 28.2 Å². The van der Waals surface area contributed by atoms with Gasteiger partial charge < -0.3 is 21.5 Å². The van der Waals surface area contributed by atoms with E-state index < -0.39 is 5.66 Å². The number of carbonyl (C=O) groups is 1. The predicted octanol–water partition coefficient (Wildman–Crippen LogP) is 1.31. The molecule has 1 atom stereocenters. The minimum Gasteiger partial charge on any atom is -0.467 e. The number of ether oxygens (including phenoxy) is 1. The number of benzene rings is 1. The van der Waals surface area contributed by atoms with Crippen LogP contribution in [0.3, 0.4) is 0 Å². The van der Waals surface area contributed by atoms with Crippen molar-refractivity contribution in [2.24, 2.45) is 21.5 Å². The molecule has 1 unspecified atom stereocenters. The Morgan fingerprint density at radius 2 is 2.08 bits per heavy atom. The molecule has 138 valence electrons. The van der Waals surface area contributed by atoms with Crippen LogP contribution in [0, 0.1) is 0 Å². The fraction of sp³-hybridized carbons (Fsp3) is 0.500. The first kappa shape index (κ1) is 16.7. The smallest absolute Gasteiger partial charge is 0.328 e. The van der Waals surface area contributed by atoms with Crippen LogP contribution in [0.5, 0.6) is 0 Å².